The van der Waals surface area contributed by atoms with Crippen molar-refractivity contribution in [3.8, 4) is 0 Å². The molecule has 1 fully saturated rings. The summed E-state index contributed by atoms with van der Waals surface area (Å²) in [4.78, 5) is 13.7. The van der Waals surface area contributed by atoms with Crippen LogP contribution in [-0.2, 0) is 7.05 Å². The summed E-state index contributed by atoms with van der Waals surface area (Å²) in [6.45, 7) is 2.02. The second kappa shape index (κ2) is 6.11. The van der Waals surface area contributed by atoms with Gasteiger partial charge in [0, 0.05) is 38.9 Å². The van der Waals surface area contributed by atoms with Gasteiger partial charge in [-0.05, 0) is 25.0 Å². The lowest BCUT2D eigenvalue weighted by Crippen LogP contribution is -2.39. The van der Waals surface area contributed by atoms with Gasteiger partial charge >= 0.3 is 0 Å². The smallest absolute Gasteiger partial charge is 0.163 e. The van der Waals surface area contributed by atoms with Crippen LogP contribution in [0.5, 0.6) is 0 Å². The standard InChI is InChI=1S/C18H22N6/c1-22(14-7-4-3-5-8-14)12-15-9-6-10-24(15)18-16-11-21-23(2)17(16)19-13-20-18/h3-5,7-8,11,13,15H,6,9-10,12H2,1-2H3. The van der Waals surface area contributed by atoms with E-state index in [2.05, 4.69) is 62.2 Å². The number of aromatic nitrogens is 4. The number of benzene rings is 1. The van der Waals surface area contributed by atoms with E-state index in [1.807, 2.05) is 17.9 Å². The summed E-state index contributed by atoms with van der Waals surface area (Å²) in [6.07, 6.45) is 5.90. The highest BCUT2D eigenvalue weighted by molar-refractivity contribution is 5.86. The van der Waals surface area contributed by atoms with Gasteiger partial charge in [0.05, 0.1) is 11.6 Å². The first-order valence-corrected chi connectivity index (χ1v) is 8.39. The van der Waals surface area contributed by atoms with Crippen molar-refractivity contribution in [1.82, 2.24) is 19.7 Å². The number of para-hydroxylation sites is 1. The molecule has 0 amide bonds. The van der Waals surface area contributed by atoms with Crippen molar-refractivity contribution >= 4 is 22.5 Å². The fourth-order valence-electron chi connectivity index (χ4n) is 3.59. The molecule has 0 N–H and O–H groups in total. The van der Waals surface area contributed by atoms with Gasteiger partial charge in [0.15, 0.2) is 5.65 Å². The Morgan fingerprint density at radius 3 is 2.88 bits per heavy atom. The van der Waals surface area contributed by atoms with E-state index in [0.717, 1.165) is 29.9 Å². The topological polar surface area (TPSA) is 50.1 Å². The Balaban J connectivity index is 1.60. The van der Waals surface area contributed by atoms with Crippen molar-refractivity contribution < 1.29 is 0 Å². The minimum absolute atomic E-state index is 0.452. The second-order valence-corrected chi connectivity index (χ2v) is 6.41. The lowest BCUT2D eigenvalue weighted by atomic mass is 10.2. The van der Waals surface area contributed by atoms with Gasteiger partial charge in [-0.3, -0.25) is 4.68 Å². The molecule has 0 radical (unpaired) electrons. The molecule has 0 bridgehead atoms. The van der Waals surface area contributed by atoms with Crippen molar-refractivity contribution in [2.24, 2.45) is 7.05 Å². The average Bonchev–Trinajstić information content (AvgIpc) is 3.23. The van der Waals surface area contributed by atoms with Gasteiger partial charge in [-0.2, -0.15) is 5.10 Å². The van der Waals surface area contributed by atoms with Gasteiger partial charge < -0.3 is 9.80 Å². The van der Waals surface area contributed by atoms with E-state index in [1.165, 1.54) is 18.5 Å². The van der Waals surface area contributed by atoms with Crippen LogP contribution in [0.4, 0.5) is 11.5 Å². The minimum atomic E-state index is 0.452. The zero-order valence-corrected chi connectivity index (χ0v) is 14.1. The SMILES string of the molecule is CN(CC1CCCN1c1ncnc2c1cnn2C)c1ccccc1. The van der Waals surface area contributed by atoms with Crippen LogP contribution in [0.3, 0.4) is 0 Å². The zero-order chi connectivity index (χ0) is 16.5. The van der Waals surface area contributed by atoms with Crippen molar-refractivity contribution in [3.63, 3.8) is 0 Å². The summed E-state index contributed by atoms with van der Waals surface area (Å²) in [5.74, 6) is 1.01. The quantitative estimate of drug-likeness (QED) is 0.738. The highest BCUT2D eigenvalue weighted by Gasteiger charge is 2.28. The third-order valence-electron chi connectivity index (χ3n) is 4.84. The number of rotatable bonds is 4. The van der Waals surface area contributed by atoms with E-state index >= 15 is 0 Å². The average molecular weight is 322 g/mol. The zero-order valence-electron chi connectivity index (χ0n) is 14.1. The predicted molar refractivity (Wildman–Crippen MR) is 96.4 cm³/mol. The van der Waals surface area contributed by atoms with Gasteiger partial charge in [0.2, 0.25) is 0 Å². The van der Waals surface area contributed by atoms with Crippen LogP contribution < -0.4 is 9.80 Å². The third-order valence-corrected chi connectivity index (χ3v) is 4.84. The Labute approximate surface area is 141 Å². The van der Waals surface area contributed by atoms with E-state index in [1.54, 1.807) is 6.33 Å². The van der Waals surface area contributed by atoms with Crippen LogP contribution in [0.2, 0.25) is 0 Å². The van der Waals surface area contributed by atoms with E-state index in [-0.39, 0.29) is 0 Å². The summed E-state index contributed by atoms with van der Waals surface area (Å²) < 4.78 is 1.81. The van der Waals surface area contributed by atoms with Crippen LogP contribution in [0.25, 0.3) is 11.0 Å². The molecule has 6 heteroatoms. The van der Waals surface area contributed by atoms with Crippen molar-refractivity contribution in [3.05, 3.63) is 42.9 Å². The van der Waals surface area contributed by atoms with Gasteiger partial charge in [-0.25, -0.2) is 9.97 Å². The van der Waals surface area contributed by atoms with Gasteiger partial charge in [-0.1, -0.05) is 18.2 Å². The van der Waals surface area contributed by atoms with Crippen LogP contribution in [-0.4, -0.2) is 45.9 Å². The van der Waals surface area contributed by atoms with E-state index in [9.17, 15) is 0 Å². The first-order valence-electron chi connectivity index (χ1n) is 8.39. The predicted octanol–water partition coefficient (Wildman–Crippen LogP) is 2.47. The molecule has 0 spiro atoms. The molecule has 1 saturated heterocycles. The van der Waals surface area contributed by atoms with Crippen LogP contribution in [0.15, 0.2) is 42.9 Å². The summed E-state index contributed by atoms with van der Waals surface area (Å²) >= 11 is 0. The van der Waals surface area contributed by atoms with E-state index in [0.29, 0.717) is 6.04 Å². The molecule has 1 atom stereocenters. The van der Waals surface area contributed by atoms with Crippen LogP contribution in [0, 0.1) is 0 Å². The molecule has 3 heterocycles. The summed E-state index contributed by atoms with van der Waals surface area (Å²) in [6, 6.07) is 11.0. The first kappa shape index (κ1) is 14.9. The Kier molecular flexibility index (Phi) is 3.80. The molecule has 0 saturated carbocycles. The van der Waals surface area contributed by atoms with Crippen LogP contribution >= 0.6 is 0 Å². The normalized spacial score (nSPS) is 17.6. The number of hydrogen-bond donors (Lipinski definition) is 0. The second-order valence-electron chi connectivity index (χ2n) is 6.41. The van der Waals surface area contributed by atoms with Gasteiger partial charge in [0.1, 0.15) is 12.1 Å². The maximum atomic E-state index is 4.58. The molecule has 3 aromatic rings. The molecule has 6 nitrogen and oxygen atoms in total. The largest absolute Gasteiger partial charge is 0.373 e. The number of likely N-dealkylation sites (N-methyl/N-ethyl adjacent to an activating group) is 1. The molecular weight excluding hydrogens is 300 g/mol. The van der Waals surface area contributed by atoms with E-state index < -0.39 is 0 Å². The molecule has 1 aliphatic heterocycles. The van der Waals surface area contributed by atoms with Crippen molar-refractivity contribution in [2.45, 2.75) is 18.9 Å². The molecule has 4 rings (SSSR count). The lowest BCUT2D eigenvalue weighted by Gasteiger charge is -2.30. The van der Waals surface area contributed by atoms with Gasteiger partial charge in [-0.15, -0.1) is 0 Å². The molecular formula is C18H22N6. The Morgan fingerprint density at radius 1 is 1.21 bits per heavy atom. The van der Waals surface area contributed by atoms with Crippen LogP contribution in [0.1, 0.15) is 12.8 Å². The lowest BCUT2D eigenvalue weighted by molar-refractivity contribution is 0.651. The Bertz CT molecular complexity index is 828. The Hall–Kier alpha value is -2.63. The molecule has 1 aromatic carbocycles. The Morgan fingerprint density at radius 2 is 2.04 bits per heavy atom. The fraction of sp³-hybridized carbons (Fsp3) is 0.389. The number of nitrogens with zero attached hydrogens (tertiary/aromatic N) is 6. The number of aryl methyl sites for hydroxylation is 1. The monoisotopic (exact) mass is 322 g/mol. The van der Waals surface area contributed by atoms with Crippen molar-refractivity contribution in [1.29, 1.82) is 0 Å². The number of hydrogen-bond acceptors (Lipinski definition) is 5. The first-order chi connectivity index (χ1) is 11.7. The third kappa shape index (κ3) is 2.58. The van der Waals surface area contributed by atoms with Crippen molar-refractivity contribution in [2.75, 3.05) is 29.9 Å². The summed E-state index contributed by atoms with van der Waals surface area (Å²) in [7, 11) is 4.08. The molecule has 2 aromatic heterocycles. The number of fused-ring (bicyclic) bond motifs is 1. The molecule has 124 valence electrons. The van der Waals surface area contributed by atoms with E-state index in [4.69, 9.17) is 0 Å². The minimum Gasteiger partial charge on any atom is -0.373 e. The molecule has 24 heavy (non-hydrogen) atoms. The highest BCUT2D eigenvalue weighted by Crippen LogP contribution is 2.30. The highest BCUT2D eigenvalue weighted by atomic mass is 15.3. The summed E-state index contributed by atoms with van der Waals surface area (Å²) in [5.41, 5.74) is 2.14. The van der Waals surface area contributed by atoms with Gasteiger partial charge in [0.25, 0.3) is 0 Å². The maximum Gasteiger partial charge on any atom is 0.163 e. The molecule has 1 unspecified atom stereocenters. The molecule has 1 aliphatic rings. The number of anilines is 2. The fourth-order valence-corrected chi connectivity index (χ4v) is 3.59. The summed E-state index contributed by atoms with van der Waals surface area (Å²) in [5, 5.41) is 5.37. The maximum absolute atomic E-state index is 4.58. The molecule has 0 aliphatic carbocycles.